The Morgan fingerprint density at radius 3 is 2.50 bits per heavy atom. The Labute approximate surface area is 173 Å². The average molecular weight is 415 g/mol. The number of hydrogen-bond acceptors (Lipinski definition) is 3. The van der Waals surface area contributed by atoms with Crippen LogP contribution in [-0.4, -0.2) is 29.3 Å². The van der Waals surface area contributed by atoms with Crippen LogP contribution in [0.15, 0.2) is 36.4 Å². The van der Waals surface area contributed by atoms with Crippen LogP contribution in [0, 0.1) is 25.5 Å². The number of hydrogen-bond donors (Lipinski definition) is 2. The van der Waals surface area contributed by atoms with Crippen molar-refractivity contribution in [3.63, 3.8) is 0 Å². The topological polar surface area (TPSA) is 78.5 Å². The molecule has 6 nitrogen and oxygen atoms in total. The fourth-order valence-corrected chi connectivity index (χ4v) is 3.45. The first-order chi connectivity index (χ1) is 14.0. The molecule has 0 radical (unpaired) electrons. The van der Waals surface area contributed by atoms with Gasteiger partial charge in [0.05, 0.1) is 6.04 Å². The molecular formula is C22H23F2N3O3. The number of benzene rings is 2. The van der Waals surface area contributed by atoms with E-state index in [1.165, 1.54) is 6.92 Å². The van der Waals surface area contributed by atoms with Crippen molar-refractivity contribution in [1.82, 2.24) is 15.5 Å². The number of urea groups is 1. The van der Waals surface area contributed by atoms with Crippen molar-refractivity contribution in [3.05, 3.63) is 70.3 Å². The van der Waals surface area contributed by atoms with Crippen LogP contribution in [0.5, 0.6) is 0 Å². The Balaban J connectivity index is 1.74. The van der Waals surface area contributed by atoms with Crippen molar-refractivity contribution in [3.8, 4) is 0 Å². The lowest BCUT2D eigenvalue weighted by Gasteiger charge is -2.23. The lowest BCUT2D eigenvalue weighted by molar-refractivity contribution is -0.135. The van der Waals surface area contributed by atoms with Crippen LogP contribution in [0.25, 0.3) is 0 Å². The first-order valence-electron chi connectivity index (χ1n) is 9.49. The summed E-state index contributed by atoms with van der Waals surface area (Å²) in [5.41, 5.74) is 0.988. The molecule has 2 atom stereocenters. The number of rotatable bonds is 5. The number of aryl methyl sites for hydroxylation is 2. The molecule has 0 bridgehead atoms. The molecule has 2 aromatic rings. The summed E-state index contributed by atoms with van der Waals surface area (Å²) in [5.74, 6) is -2.95. The maximum absolute atomic E-state index is 14.2. The zero-order valence-corrected chi connectivity index (χ0v) is 17.2. The van der Waals surface area contributed by atoms with Gasteiger partial charge >= 0.3 is 6.03 Å². The van der Waals surface area contributed by atoms with E-state index in [1.807, 2.05) is 32.0 Å². The van der Waals surface area contributed by atoms with Crippen LogP contribution < -0.4 is 10.6 Å². The molecule has 1 heterocycles. The molecule has 8 heteroatoms. The van der Waals surface area contributed by atoms with Crippen molar-refractivity contribution in [1.29, 1.82) is 0 Å². The number of carbonyl (C=O) groups excluding carboxylic acids is 3. The molecule has 2 N–H and O–H groups in total. The number of halogens is 2. The van der Waals surface area contributed by atoms with E-state index in [0.29, 0.717) is 4.90 Å². The van der Waals surface area contributed by atoms with Crippen LogP contribution in [0.3, 0.4) is 0 Å². The molecule has 2 aromatic carbocycles. The first-order valence-corrected chi connectivity index (χ1v) is 9.49. The van der Waals surface area contributed by atoms with Gasteiger partial charge in [0, 0.05) is 5.56 Å². The molecule has 3 rings (SSSR count). The summed E-state index contributed by atoms with van der Waals surface area (Å²) in [7, 11) is 0. The van der Waals surface area contributed by atoms with Gasteiger partial charge in [0.25, 0.3) is 5.91 Å². The molecule has 4 amide bonds. The molecule has 0 saturated carbocycles. The van der Waals surface area contributed by atoms with Gasteiger partial charge in [-0.2, -0.15) is 0 Å². The van der Waals surface area contributed by atoms with Crippen LogP contribution in [0.1, 0.15) is 42.1 Å². The minimum Gasteiger partial charge on any atom is -0.348 e. The molecule has 1 saturated heterocycles. The summed E-state index contributed by atoms with van der Waals surface area (Å²) in [5, 5.41) is 5.12. The fourth-order valence-electron chi connectivity index (χ4n) is 3.45. The van der Waals surface area contributed by atoms with Gasteiger partial charge in [0.1, 0.15) is 23.7 Å². The first kappa shape index (κ1) is 21.4. The molecule has 1 fully saturated rings. The van der Waals surface area contributed by atoms with Crippen molar-refractivity contribution < 1.29 is 23.2 Å². The molecule has 0 aromatic heterocycles. The summed E-state index contributed by atoms with van der Waals surface area (Å²) in [4.78, 5) is 38.4. The smallest absolute Gasteiger partial charge is 0.325 e. The predicted molar refractivity (Wildman–Crippen MR) is 106 cm³/mol. The fraction of sp³-hybridized carbons (Fsp3) is 0.318. The van der Waals surface area contributed by atoms with E-state index in [0.717, 1.165) is 34.9 Å². The molecule has 0 unspecified atom stereocenters. The lowest BCUT2D eigenvalue weighted by atomic mass is 9.91. The normalized spacial score (nSPS) is 19.6. The second-order valence-electron chi connectivity index (χ2n) is 7.70. The van der Waals surface area contributed by atoms with Crippen LogP contribution >= 0.6 is 0 Å². The van der Waals surface area contributed by atoms with Gasteiger partial charge in [-0.25, -0.2) is 13.6 Å². The molecule has 1 aliphatic rings. The van der Waals surface area contributed by atoms with Crippen molar-refractivity contribution in [2.24, 2.45) is 0 Å². The van der Waals surface area contributed by atoms with E-state index in [2.05, 4.69) is 10.6 Å². The third kappa shape index (κ3) is 3.90. The zero-order valence-electron chi connectivity index (χ0n) is 17.2. The Morgan fingerprint density at radius 2 is 1.83 bits per heavy atom. The van der Waals surface area contributed by atoms with Gasteiger partial charge in [-0.05, 0) is 62.6 Å². The Hall–Kier alpha value is -3.29. The predicted octanol–water partition coefficient (Wildman–Crippen LogP) is 3.23. The zero-order chi connectivity index (χ0) is 22.2. The summed E-state index contributed by atoms with van der Waals surface area (Å²) >= 11 is 0. The second kappa shape index (κ2) is 7.85. The quantitative estimate of drug-likeness (QED) is 0.736. The maximum atomic E-state index is 14.2. The van der Waals surface area contributed by atoms with E-state index in [1.54, 1.807) is 6.92 Å². The monoisotopic (exact) mass is 415 g/mol. The van der Waals surface area contributed by atoms with Crippen molar-refractivity contribution in [2.45, 2.75) is 39.3 Å². The Morgan fingerprint density at radius 1 is 1.13 bits per heavy atom. The highest BCUT2D eigenvalue weighted by Crippen LogP contribution is 2.31. The van der Waals surface area contributed by atoms with E-state index < -0.39 is 41.6 Å². The summed E-state index contributed by atoms with van der Waals surface area (Å²) < 4.78 is 27.8. The number of nitrogens with zero attached hydrogens (tertiary/aromatic N) is 1. The van der Waals surface area contributed by atoms with Gasteiger partial charge < -0.3 is 10.6 Å². The Kier molecular flexibility index (Phi) is 5.61. The highest BCUT2D eigenvalue weighted by molar-refractivity contribution is 6.09. The average Bonchev–Trinajstić information content (AvgIpc) is 2.89. The van der Waals surface area contributed by atoms with Crippen LogP contribution in [0.4, 0.5) is 13.6 Å². The maximum Gasteiger partial charge on any atom is 0.325 e. The highest BCUT2D eigenvalue weighted by atomic mass is 19.1. The SMILES string of the molecule is Cc1ccc([C@H](C)NC(=O)CN2C(=O)N[C@@](C)(c3cc(F)ccc3F)C2=O)cc1C. The van der Waals surface area contributed by atoms with E-state index in [-0.39, 0.29) is 11.6 Å². The van der Waals surface area contributed by atoms with Crippen molar-refractivity contribution >= 4 is 17.8 Å². The number of nitrogens with one attached hydrogen (secondary N) is 2. The molecule has 30 heavy (non-hydrogen) atoms. The molecule has 0 spiro atoms. The number of carbonyl (C=O) groups is 3. The number of amides is 4. The van der Waals surface area contributed by atoms with Gasteiger partial charge in [-0.1, -0.05) is 18.2 Å². The van der Waals surface area contributed by atoms with Crippen LogP contribution in [0.2, 0.25) is 0 Å². The third-order valence-electron chi connectivity index (χ3n) is 5.45. The van der Waals surface area contributed by atoms with E-state index >= 15 is 0 Å². The second-order valence-corrected chi connectivity index (χ2v) is 7.70. The minimum absolute atomic E-state index is 0.299. The standard InChI is InChI=1S/C22H23F2N3O3/c1-12-5-6-15(9-13(12)2)14(3)25-19(28)11-27-20(29)22(4,26-21(27)30)17-10-16(23)7-8-18(17)24/h5-10,14H,11H2,1-4H3,(H,25,28)(H,26,30)/t14-,22-/m0/s1. The van der Waals surface area contributed by atoms with Gasteiger partial charge in [-0.15, -0.1) is 0 Å². The van der Waals surface area contributed by atoms with Gasteiger partial charge in [0.15, 0.2) is 0 Å². The summed E-state index contributed by atoms with van der Waals surface area (Å²) in [6, 6.07) is 7.27. The van der Waals surface area contributed by atoms with E-state index in [9.17, 15) is 23.2 Å². The molecule has 0 aliphatic carbocycles. The molecular weight excluding hydrogens is 392 g/mol. The molecule has 1 aliphatic heterocycles. The largest absolute Gasteiger partial charge is 0.348 e. The third-order valence-corrected chi connectivity index (χ3v) is 5.45. The van der Waals surface area contributed by atoms with Gasteiger partial charge in [0.2, 0.25) is 5.91 Å². The van der Waals surface area contributed by atoms with E-state index in [4.69, 9.17) is 0 Å². The van der Waals surface area contributed by atoms with Crippen molar-refractivity contribution in [2.75, 3.05) is 6.54 Å². The number of imide groups is 1. The molecule has 158 valence electrons. The highest BCUT2D eigenvalue weighted by Gasteiger charge is 2.50. The summed E-state index contributed by atoms with van der Waals surface area (Å²) in [6.07, 6.45) is 0. The van der Waals surface area contributed by atoms with Gasteiger partial charge in [-0.3, -0.25) is 14.5 Å². The summed E-state index contributed by atoms with van der Waals surface area (Å²) in [6.45, 7) is 6.48. The lowest BCUT2D eigenvalue weighted by Crippen LogP contribution is -2.44. The van der Waals surface area contributed by atoms with Crippen LogP contribution in [-0.2, 0) is 15.1 Å². The Bertz CT molecular complexity index is 1040. The minimum atomic E-state index is -1.80.